The molecule has 19 heavy (non-hydrogen) atoms. The quantitative estimate of drug-likeness (QED) is 0.338. The number of nitrogens with zero attached hydrogens (tertiary/aromatic N) is 1. The van der Waals surface area contributed by atoms with Crippen molar-refractivity contribution in [2.75, 3.05) is 11.5 Å². The number of rotatable bonds is 6. The fourth-order valence-electron chi connectivity index (χ4n) is 2.03. The molecular weight excluding hydrogens is 284 g/mol. The first-order valence-electron chi connectivity index (χ1n) is 6.01. The molecule has 0 fully saturated rings. The van der Waals surface area contributed by atoms with Crippen molar-refractivity contribution in [1.82, 2.24) is 0 Å². The fraction of sp³-hybridized carbons (Fsp3) is 0.750. The van der Waals surface area contributed by atoms with Gasteiger partial charge < -0.3 is 10.8 Å². The molecule has 0 radical (unpaired) electrons. The molecule has 1 aliphatic rings. The molecule has 0 unspecified atom stereocenters. The van der Waals surface area contributed by atoms with Crippen LogP contribution in [0.1, 0.15) is 27.7 Å². The van der Waals surface area contributed by atoms with Gasteiger partial charge in [0.15, 0.2) is 0 Å². The van der Waals surface area contributed by atoms with E-state index in [1.807, 2.05) is 33.8 Å². The Balaban J connectivity index is 2.50. The predicted molar refractivity (Wildman–Crippen MR) is 80.4 cm³/mol. The van der Waals surface area contributed by atoms with Crippen LogP contribution in [0.3, 0.4) is 0 Å². The average molecular weight is 305 g/mol. The molecule has 1 heterocycles. The first-order valence-corrected chi connectivity index (χ1v) is 8.50. The minimum atomic E-state index is -0.986. The molecule has 1 aliphatic heterocycles. The highest BCUT2D eigenvalue weighted by Gasteiger charge is 2.54. The zero-order chi connectivity index (χ0) is 14.8. The molecule has 0 aromatic carbocycles. The van der Waals surface area contributed by atoms with Gasteiger partial charge in [-0.15, -0.1) is 0 Å². The summed E-state index contributed by atoms with van der Waals surface area (Å²) in [5, 5.41) is 8.67. The zero-order valence-electron chi connectivity index (χ0n) is 11.7. The molecule has 0 aliphatic carbocycles. The van der Waals surface area contributed by atoms with Crippen molar-refractivity contribution in [3.8, 4) is 0 Å². The minimum absolute atomic E-state index is 0.359. The van der Waals surface area contributed by atoms with Crippen molar-refractivity contribution in [3.63, 3.8) is 0 Å². The van der Waals surface area contributed by atoms with Gasteiger partial charge in [0.05, 0.1) is 0 Å². The van der Waals surface area contributed by atoms with Crippen LogP contribution in [0.5, 0.6) is 0 Å². The molecule has 1 rings (SSSR count). The maximum absolute atomic E-state index is 12.1. The molecule has 0 aromatic heterocycles. The van der Waals surface area contributed by atoms with E-state index >= 15 is 0 Å². The molecule has 0 saturated carbocycles. The number of carbonyl (C=O) groups is 1. The van der Waals surface area contributed by atoms with Crippen molar-refractivity contribution in [2.45, 2.75) is 44.8 Å². The van der Waals surface area contributed by atoms with E-state index in [9.17, 15) is 9.70 Å². The number of carboxylic acid groups (broad SMARTS) is 1. The van der Waals surface area contributed by atoms with Crippen LogP contribution in [0, 0.1) is 4.91 Å². The Morgan fingerprint density at radius 3 is 2.42 bits per heavy atom. The summed E-state index contributed by atoms with van der Waals surface area (Å²) in [7, 11) is 2.97. The Labute approximate surface area is 121 Å². The summed E-state index contributed by atoms with van der Waals surface area (Å²) < 4.78 is 1.11. The van der Waals surface area contributed by atoms with Crippen molar-refractivity contribution in [1.29, 1.82) is 0 Å². The monoisotopic (exact) mass is 305 g/mol. The highest BCUT2D eigenvalue weighted by atomic mass is 33.1. The summed E-state index contributed by atoms with van der Waals surface area (Å²) in [5.41, 5.74) is 5.51. The van der Waals surface area contributed by atoms with E-state index in [1.165, 1.54) is 10.8 Å². The van der Waals surface area contributed by atoms with Gasteiger partial charge in [0.1, 0.15) is 6.04 Å². The van der Waals surface area contributed by atoms with Crippen LogP contribution in [0.2, 0.25) is 0 Å². The van der Waals surface area contributed by atoms with Gasteiger partial charge in [0.2, 0.25) is 11.1 Å². The number of aliphatic carboxylic acids is 1. The Morgan fingerprint density at radius 2 is 2.00 bits per heavy atom. The number of nitroso groups, excluding NO2 is 1. The van der Waals surface area contributed by atoms with Crippen LogP contribution in [0.4, 0.5) is 0 Å². The summed E-state index contributed by atoms with van der Waals surface area (Å²) in [6.07, 6.45) is 2.00. The molecular formula is C12H21N2O3S2+. The predicted octanol–water partition coefficient (Wildman–Crippen LogP) is 2.06. The Kier molecular flexibility index (Phi) is 5.08. The maximum Gasteiger partial charge on any atom is 0.321 e. The molecule has 5 nitrogen and oxygen atoms in total. The second-order valence-corrected chi connectivity index (χ2v) is 8.18. The van der Waals surface area contributed by atoms with E-state index < -0.39 is 23.1 Å². The molecule has 3 N–H and O–H groups in total. The highest BCUT2D eigenvalue weighted by molar-refractivity contribution is 8.76. The lowest BCUT2D eigenvalue weighted by atomic mass is 9.99. The van der Waals surface area contributed by atoms with E-state index in [4.69, 9.17) is 10.8 Å². The minimum Gasteiger partial charge on any atom is -0.480 e. The topological polar surface area (TPSA) is 83.4 Å². The molecule has 1 atom stereocenters. The summed E-state index contributed by atoms with van der Waals surface area (Å²) in [4.78, 5) is 22.7. The number of hydrogen-bond acceptors (Lipinski definition) is 5. The molecule has 108 valence electrons. The van der Waals surface area contributed by atoms with Gasteiger partial charge in [0.25, 0.3) is 0 Å². The zero-order valence-corrected chi connectivity index (χ0v) is 13.3. The molecule has 0 spiro atoms. The smallest absolute Gasteiger partial charge is 0.321 e. The first-order chi connectivity index (χ1) is 8.59. The van der Waals surface area contributed by atoms with Gasteiger partial charge in [-0.05, 0) is 6.08 Å². The SMILES string of the molecule is CC1(C)C=C(CSSC[C@H](N)C(=O)O)C(C)(C)[N+]1=O. The lowest BCUT2D eigenvalue weighted by Crippen LogP contribution is -2.41. The van der Waals surface area contributed by atoms with Gasteiger partial charge in [-0.25, -0.2) is 0 Å². The van der Waals surface area contributed by atoms with E-state index in [1.54, 1.807) is 10.8 Å². The van der Waals surface area contributed by atoms with Crippen LogP contribution in [0.25, 0.3) is 0 Å². The second kappa shape index (κ2) is 5.85. The Morgan fingerprint density at radius 1 is 1.42 bits per heavy atom. The lowest BCUT2D eigenvalue weighted by Gasteiger charge is -2.16. The lowest BCUT2D eigenvalue weighted by molar-refractivity contribution is -0.651. The molecule has 0 bridgehead atoms. The van der Waals surface area contributed by atoms with Crippen LogP contribution in [0.15, 0.2) is 11.6 Å². The summed E-state index contributed by atoms with van der Waals surface area (Å²) in [5.74, 6) is 0.0741. The van der Waals surface area contributed by atoms with E-state index in [2.05, 4.69) is 0 Å². The Hall–Kier alpha value is -0.530. The summed E-state index contributed by atoms with van der Waals surface area (Å²) in [6.45, 7) is 7.61. The second-order valence-electron chi connectivity index (χ2n) is 5.67. The van der Waals surface area contributed by atoms with Gasteiger partial charge in [0, 0.05) is 54.4 Å². The highest BCUT2D eigenvalue weighted by Crippen LogP contribution is 2.39. The Bertz CT molecular complexity index is 419. The first kappa shape index (κ1) is 16.5. The summed E-state index contributed by atoms with van der Waals surface area (Å²) in [6, 6.07) is -0.837. The molecule has 0 aromatic rings. The average Bonchev–Trinajstić information content (AvgIpc) is 2.45. The van der Waals surface area contributed by atoms with Crippen LogP contribution >= 0.6 is 21.6 Å². The molecule has 0 amide bonds. The van der Waals surface area contributed by atoms with E-state index in [0.717, 1.165) is 10.3 Å². The number of hydrogen-bond donors (Lipinski definition) is 2. The van der Waals surface area contributed by atoms with Crippen molar-refractivity contribution >= 4 is 27.6 Å². The van der Waals surface area contributed by atoms with Gasteiger partial charge in [-0.3, -0.25) is 4.79 Å². The number of nitrogens with two attached hydrogens (primary N) is 1. The molecule has 7 heteroatoms. The number of carboxylic acids is 1. The normalized spacial score (nSPS) is 22.2. The summed E-state index contributed by atoms with van der Waals surface area (Å²) >= 11 is 0. The van der Waals surface area contributed by atoms with Gasteiger partial charge in [-0.1, -0.05) is 21.6 Å². The van der Waals surface area contributed by atoms with Crippen LogP contribution in [-0.2, 0) is 4.79 Å². The standard InChI is InChI=1S/C12H20N2O3S2/c1-11(2)5-8(12(3,4)14(11)17)6-18-19-7-9(13)10(15)16/h5,9H,6-7,13H2,1-4H3/p+1/t9-/m0/s1. The fourth-order valence-corrected chi connectivity index (χ4v) is 4.42. The van der Waals surface area contributed by atoms with Crippen molar-refractivity contribution in [2.24, 2.45) is 5.73 Å². The van der Waals surface area contributed by atoms with Crippen LogP contribution in [-0.4, -0.2) is 44.5 Å². The third-order valence-electron chi connectivity index (χ3n) is 3.21. The largest absolute Gasteiger partial charge is 0.480 e. The van der Waals surface area contributed by atoms with Gasteiger partial charge in [-0.2, -0.15) is 0 Å². The third kappa shape index (κ3) is 3.73. The molecule has 0 saturated heterocycles. The van der Waals surface area contributed by atoms with Gasteiger partial charge >= 0.3 is 5.97 Å². The third-order valence-corrected chi connectivity index (χ3v) is 5.56. The van der Waals surface area contributed by atoms with E-state index in [0.29, 0.717) is 11.5 Å². The van der Waals surface area contributed by atoms with Crippen LogP contribution < -0.4 is 5.73 Å². The van der Waals surface area contributed by atoms with Crippen molar-refractivity contribution in [3.05, 3.63) is 16.6 Å². The maximum atomic E-state index is 12.1. The van der Waals surface area contributed by atoms with E-state index in [-0.39, 0.29) is 0 Å². The van der Waals surface area contributed by atoms with Crippen molar-refractivity contribution < 1.29 is 14.7 Å².